The second-order valence-corrected chi connectivity index (χ2v) is 6.96. The molecule has 0 saturated heterocycles. The molecule has 0 N–H and O–H groups in total. The molecule has 2 aromatic carbocycles. The van der Waals surface area contributed by atoms with Gasteiger partial charge in [0.25, 0.3) is 5.91 Å². The van der Waals surface area contributed by atoms with Gasteiger partial charge in [-0.25, -0.2) is 9.79 Å². The van der Waals surface area contributed by atoms with E-state index in [1.807, 2.05) is 0 Å². The minimum atomic E-state index is -2.98. The fraction of sp³-hybridized carbons (Fsp3) is 0.261. The summed E-state index contributed by atoms with van der Waals surface area (Å²) in [5, 5.41) is 0. The number of carbonyl (C=O) groups is 2. The van der Waals surface area contributed by atoms with Gasteiger partial charge in [-0.2, -0.15) is 8.78 Å². The van der Waals surface area contributed by atoms with Crippen LogP contribution >= 0.6 is 0 Å². The highest BCUT2D eigenvalue weighted by molar-refractivity contribution is 6.13. The van der Waals surface area contributed by atoms with E-state index in [0.717, 1.165) is 0 Å². The molecule has 0 fully saturated rings. The van der Waals surface area contributed by atoms with Crippen LogP contribution in [0.2, 0.25) is 0 Å². The second kappa shape index (κ2) is 10.6. The van der Waals surface area contributed by atoms with Crippen molar-refractivity contribution in [2.75, 3.05) is 27.3 Å². The Bertz CT molecular complexity index is 1100. The zero-order valence-corrected chi connectivity index (χ0v) is 18.2. The van der Waals surface area contributed by atoms with Gasteiger partial charge in [0.05, 0.1) is 6.61 Å². The maximum absolute atomic E-state index is 12.5. The van der Waals surface area contributed by atoms with Gasteiger partial charge in [-0.3, -0.25) is 4.79 Å². The Balaban J connectivity index is 1.83. The van der Waals surface area contributed by atoms with Crippen molar-refractivity contribution in [1.29, 1.82) is 0 Å². The van der Waals surface area contributed by atoms with Gasteiger partial charge in [0, 0.05) is 19.7 Å². The van der Waals surface area contributed by atoms with Crippen molar-refractivity contribution in [2.45, 2.75) is 13.5 Å². The predicted molar refractivity (Wildman–Crippen MR) is 115 cm³/mol. The third-order valence-corrected chi connectivity index (χ3v) is 4.35. The van der Waals surface area contributed by atoms with Gasteiger partial charge in [0.1, 0.15) is 5.75 Å². The van der Waals surface area contributed by atoms with E-state index in [9.17, 15) is 18.4 Å². The van der Waals surface area contributed by atoms with Crippen molar-refractivity contribution in [3.8, 4) is 17.2 Å². The van der Waals surface area contributed by atoms with Crippen LogP contribution in [0.1, 0.15) is 18.1 Å². The van der Waals surface area contributed by atoms with Gasteiger partial charge in [-0.1, -0.05) is 12.1 Å². The lowest BCUT2D eigenvalue weighted by atomic mass is 10.1. The molecule has 8 nitrogen and oxygen atoms in total. The molecule has 10 heteroatoms. The Morgan fingerprint density at radius 1 is 1.15 bits per heavy atom. The number of nitrogens with zero attached hydrogens (tertiary/aromatic N) is 2. The highest BCUT2D eigenvalue weighted by Gasteiger charge is 2.25. The van der Waals surface area contributed by atoms with E-state index < -0.39 is 12.6 Å². The number of rotatable bonds is 9. The Morgan fingerprint density at radius 2 is 1.94 bits per heavy atom. The molecule has 0 aliphatic carbocycles. The van der Waals surface area contributed by atoms with Crippen LogP contribution in [-0.2, 0) is 14.3 Å². The minimum absolute atomic E-state index is 0.0177. The smallest absolute Gasteiger partial charge is 0.387 e. The summed E-state index contributed by atoms with van der Waals surface area (Å²) in [5.74, 6) is -0.238. The van der Waals surface area contributed by atoms with E-state index in [0.29, 0.717) is 29.2 Å². The molecule has 1 amide bonds. The quantitative estimate of drug-likeness (QED) is 0.421. The average molecular weight is 460 g/mol. The van der Waals surface area contributed by atoms with Crippen LogP contribution in [-0.4, -0.2) is 56.6 Å². The van der Waals surface area contributed by atoms with Crippen LogP contribution < -0.4 is 14.2 Å². The number of aliphatic imine (C=N–C) groups is 1. The van der Waals surface area contributed by atoms with Crippen molar-refractivity contribution in [1.82, 2.24) is 4.90 Å². The molecule has 1 aliphatic heterocycles. The number of halogens is 2. The molecule has 0 bridgehead atoms. The summed E-state index contributed by atoms with van der Waals surface area (Å²) >= 11 is 0. The summed E-state index contributed by atoms with van der Waals surface area (Å²) in [7, 11) is 3.25. The lowest BCUT2D eigenvalue weighted by Gasteiger charge is -2.14. The molecule has 174 valence electrons. The van der Waals surface area contributed by atoms with Crippen molar-refractivity contribution in [3.05, 3.63) is 59.3 Å². The number of cyclic esters (lactones) is 1. The second-order valence-electron chi connectivity index (χ2n) is 6.96. The molecule has 1 heterocycles. The minimum Gasteiger partial charge on any atom is -0.490 e. The van der Waals surface area contributed by atoms with Gasteiger partial charge in [-0.05, 0) is 48.9 Å². The van der Waals surface area contributed by atoms with Gasteiger partial charge >= 0.3 is 12.6 Å². The number of amides is 1. The lowest BCUT2D eigenvalue weighted by Crippen LogP contribution is -2.27. The first-order valence-electron chi connectivity index (χ1n) is 9.94. The fourth-order valence-corrected chi connectivity index (χ4v) is 2.77. The van der Waals surface area contributed by atoms with E-state index in [4.69, 9.17) is 14.2 Å². The molecular formula is C23H22F2N2O6. The molecule has 2 aromatic rings. The van der Waals surface area contributed by atoms with Gasteiger partial charge < -0.3 is 23.8 Å². The number of esters is 1. The molecule has 0 radical (unpaired) electrons. The van der Waals surface area contributed by atoms with E-state index >= 15 is 0 Å². The Morgan fingerprint density at radius 3 is 2.64 bits per heavy atom. The standard InChI is InChI=1S/C23H22F2N2O6/c1-4-30-19-11-14(8-9-18(19)31-13-20(28)27(2)3)10-17-22(29)33-21(26-17)15-6-5-7-16(12-15)32-23(24)25/h5-12,23H,4,13H2,1-3H3/b17-10+. The van der Waals surface area contributed by atoms with E-state index in [1.54, 1.807) is 45.3 Å². The first-order valence-corrected chi connectivity index (χ1v) is 9.94. The lowest BCUT2D eigenvalue weighted by molar-refractivity contribution is -0.131. The van der Waals surface area contributed by atoms with E-state index in [1.165, 1.54) is 29.2 Å². The number of alkyl halides is 2. The third kappa shape index (κ3) is 6.28. The van der Waals surface area contributed by atoms with Crippen molar-refractivity contribution >= 4 is 23.9 Å². The molecule has 0 saturated carbocycles. The SMILES string of the molecule is CCOc1cc(/C=C2/N=C(c3cccc(OC(F)F)c3)OC2=O)ccc1OCC(=O)N(C)C. The number of likely N-dealkylation sites (N-methyl/N-ethyl adjacent to an activating group) is 1. The summed E-state index contributed by atoms with van der Waals surface area (Å²) in [6, 6.07) is 10.6. The van der Waals surface area contributed by atoms with Gasteiger partial charge in [0.15, 0.2) is 23.8 Å². The molecular weight excluding hydrogens is 438 g/mol. The fourth-order valence-electron chi connectivity index (χ4n) is 2.77. The summed E-state index contributed by atoms with van der Waals surface area (Å²) in [6.07, 6.45) is 1.49. The van der Waals surface area contributed by atoms with Gasteiger partial charge in [-0.15, -0.1) is 0 Å². The number of benzene rings is 2. The first kappa shape index (κ1) is 23.7. The van der Waals surface area contributed by atoms with Crippen LogP contribution in [0.4, 0.5) is 8.78 Å². The molecule has 0 atom stereocenters. The summed E-state index contributed by atoms with van der Waals surface area (Å²) in [6.45, 7) is -0.964. The highest BCUT2D eigenvalue weighted by Crippen LogP contribution is 2.30. The third-order valence-electron chi connectivity index (χ3n) is 4.35. The van der Waals surface area contributed by atoms with Crippen molar-refractivity contribution < 1.29 is 37.3 Å². The van der Waals surface area contributed by atoms with Crippen molar-refractivity contribution in [2.24, 2.45) is 4.99 Å². The molecule has 33 heavy (non-hydrogen) atoms. The Labute approximate surface area is 189 Å². The van der Waals surface area contributed by atoms with Crippen LogP contribution in [0, 0.1) is 0 Å². The zero-order chi connectivity index (χ0) is 24.0. The number of hydrogen-bond acceptors (Lipinski definition) is 7. The summed E-state index contributed by atoms with van der Waals surface area (Å²) in [5.41, 5.74) is 0.912. The van der Waals surface area contributed by atoms with Crippen LogP contribution in [0.25, 0.3) is 6.08 Å². The largest absolute Gasteiger partial charge is 0.490 e. The zero-order valence-electron chi connectivity index (χ0n) is 18.2. The van der Waals surface area contributed by atoms with Crippen molar-refractivity contribution in [3.63, 3.8) is 0 Å². The highest BCUT2D eigenvalue weighted by atomic mass is 19.3. The van der Waals surface area contributed by atoms with Crippen LogP contribution in [0.3, 0.4) is 0 Å². The normalized spacial score (nSPS) is 14.2. The monoisotopic (exact) mass is 460 g/mol. The number of ether oxygens (including phenoxy) is 4. The Kier molecular flexibility index (Phi) is 7.60. The van der Waals surface area contributed by atoms with E-state index in [2.05, 4.69) is 9.73 Å². The summed E-state index contributed by atoms with van der Waals surface area (Å²) in [4.78, 5) is 29.7. The summed E-state index contributed by atoms with van der Waals surface area (Å²) < 4.78 is 45.6. The maximum atomic E-state index is 12.5. The molecule has 1 aliphatic rings. The predicted octanol–water partition coefficient (Wildman–Crippen LogP) is 3.50. The van der Waals surface area contributed by atoms with Crippen LogP contribution in [0.5, 0.6) is 17.2 Å². The maximum Gasteiger partial charge on any atom is 0.387 e. The molecule has 3 rings (SSSR count). The van der Waals surface area contributed by atoms with E-state index in [-0.39, 0.29) is 29.9 Å². The topological polar surface area (TPSA) is 86.7 Å². The molecule has 0 aromatic heterocycles. The molecule has 0 unspecified atom stereocenters. The Hall–Kier alpha value is -3.95. The van der Waals surface area contributed by atoms with Crippen LogP contribution in [0.15, 0.2) is 53.2 Å². The first-order chi connectivity index (χ1) is 15.8. The van der Waals surface area contributed by atoms with Gasteiger partial charge in [0.2, 0.25) is 5.90 Å². The molecule has 0 spiro atoms. The number of hydrogen-bond donors (Lipinski definition) is 0. The number of carbonyl (C=O) groups excluding carboxylic acids is 2. The average Bonchev–Trinajstić information content (AvgIpc) is 3.13.